The fraction of sp³-hybridized carbons (Fsp3) is 0.0625. The van der Waals surface area contributed by atoms with Crippen molar-refractivity contribution in [1.29, 1.82) is 0 Å². The number of H-pyrrole nitrogens is 1. The lowest BCUT2D eigenvalue weighted by Crippen LogP contribution is -1.89. The molecule has 2 aromatic carbocycles. The molecule has 0 aliphatic rings. The summed E-state index contributed by atoms with van der Waals surface area (Å²) in [5.41, 5.74) is 4.09. The highest BCUT2D eigenvalue weighted by Crippen LogP contribution is 2.28. The molecule has 0 saturated carbocycles. The lowest BCUT2D eigenvalue weighted by Gasteiger charge is -1.97. The predicted molar refractivity (Wildman–Crippen MR) is 86.9 cm³/mol. The molecular weight excluding hydrogens is 306 g/mol. The smallest absolute Gasteiger partial charge is 0.260 e. The van der Waals surface area contributed by atoms with Crippen LogP contribution >= 0.6 is 0 Å². The molecule has 5 rings (SSSR count). The normalized spacial score (nSPS) is 11.5. The van der Waals surface area contributed by atoms with E-state index in [2.05, 4.69) is 30.7 Å². The van der Waals surface area contributed by atoms with Crippen LogP contribution in [0.3, 0.4) is 0 Å². The van der Waals surface area contributed by atoms with Crippen molar-refractivity contribution in [3.63, 3.8) is 0 Å². The minimum Gasteiger partial charge on any atom is -0.334 e. The average molecular weight is 317 g/mol. The van der Waals surface area contributed by atoms with Gasteiger partial charge in [-0.2, -0.15) is 25.5 Å². The maximum Gasteiger partial charge on any atom is 0.260 e. The third kappa shape index (κ3) is 1.83. The van der Waals surface area contributed by atoms with Gasteiger partial charge in [0.1, 0.15) is 11.0 Å². The highest BCUT2D eigenvalue weighted by molar-refractivity contribution is 5.89. The monoisotopic (exact) mass is 317 g/mol. The van der Waals surface area contributed by atoms with Crippen molar-refractivity contribution in [2.45, 2.75) is 0 Å². The standard InChI is InChI=1S/C16H11N7O/c1-23-13-7-9(5-6-10(13)8-17-23)15-18-16(24-21-15)11-3-2-4-12-14(11)20-22-19-12/h2-8H,1H3,(H,19,20,22). The summed E-state index contributed by atoms with van der Waals surface area (Å²) in [5, 5.41) is 20.2. The van der Waals surface area contributed by atoms with Crippen LogP contribution in [0.5, 0.6) is 0 Å². The topological polar surface area (TPSA) is 98.3 Å². The maximum absolute atomic E-state index is 5.44. The molecule has 0 bridgehead atoms. The summed E-state index contributed by atoms with van der Waals surface area (Å²) in [6.45, 7) is 0. The van der Waals surface area contributed by atoms with Crippen LogP contribution in [0.4, 0.5) is 0 Å². The van der Waals surface area contributed by atoms with E-state index in [0.717, 1.165) is 27.5 Å². The van der Waals surface area contributed by atoms with Gasteiger partial charge in [0.2, 0.25) is 5.82 Å². The van der Waals surface area contributed by atoms with E-state index in [4.69, 9.17) is 4.52 Å². The van der Waals surface area contributed by atoms with Crippen molar-refractivity contribution in [1.82, 2.24) is 35.3 Å². The van der Waals surface area contributed by atoms with Crippen LogP contribution in [0, 0.1) is 0 Å². The Kier molecular flexibility index (Phi) is 2.55. The molecule has 24 heavy (non-hydrogen) atoms. The van der Waals surface area contributed by atoms with Crippen LogP contribution in [-0.4, -0.2) is 35.3 Å². The van der Waals surface area contributed by atoms with Gasteiger partial charge in [0.25, 0.3) is 5.89 Å². The summed E-state index contributed by atoms with van der Waals surface area (Å²) >= 11 is 0. The zero-order chi connectivity index (χ0) is 16.1. The SMILES string of the molecule is Cn1ncc2ccc(-c3noc(-c4cccc5n[nH]nc45)n3)cc21. The summed E-state index contributed by atoms with van der Waals surface area (Å²) in [7, 11) is 1.90. The van der Waals surface area contributed by atoms with Gasteiger partial charge in [-0.1, -0.05) is 23.4 Å². The van der Waals surface area contributed by atoms with Gasteiger partial charge in [-0.05, 0) is 18.2 Å². The number of rotatable bonds is 2. The molecule has 0 spiro atoms. The van der Waals surface area contributed by atoms with Gasteiger partial charge in [-0.25, -0.2) is 0 Å². The van der Waals surface area contributed by atoms with Gasteiger partial charge in [0.05, 0.1) is 17.3 Å². The van der Waals surface area contributed by atoms with Crippen molar-refractivity contribution in [2.75, 3.05) is 0 Å². The largest absolute Gasteiger partial charge is 0.334 e. The van der Waals surface area contributed by atoms with Crippen LogP contribution in [0.25, 0.3) is 44.8 Å². The Morgan fingerprint density at radius 1 is 1.12 bits per heavy atom. The summed E-state index contributed by atoms with van der Waals surface area (Å²) in [6, 6.07) is 11.6. The average Bonchev–Trinajstić information content (AvgIpc) is 3.34. The number of hydrogen-bond acceptors (Lipinski definition) is 6. The van der Waals surface area contributed by atoms with Crippen molar-refractivity contribution in [3.8, 4) is 22.8 Å². The number of aryl methyl sites for hydroxylation is 1. The molecule has 0 atom stereocenters. The van der Waals surface area contributed by atoms with E-state index in [1.54, 1.807) is 0 Å². The zero-order valence-electron chi connectivity index (χ0n) is 12.6. The molecule has 0 amide bonds. The van der Waals surface area contributed by atoms with Crippen molar-refractivity contribution in [3.05, 3.63) is 42.6 Å². The molecule has 0 unspecified atom stereocenters. The van der Waals surface area contributed by atoms with Gasteiger partial charge in [0, 0.05) is 18.0 Å². The molecule has 0 fully saturated rings. The molecule has 0 radical (unpaired) electrons. The quantitative estimate of drug-likeness (QED) is 0.537. The molecule has 1 N–H and O–H groups in total. The number of para-hydroxylation sites is 1. The number of benzene rings is 2. The Balaban J connectivity index is 1.63. The van der Waals surface area contributed by atoms with Crippen molar-refractivity contribution < 1.29 is 4.52 Å². The summed E-state index contributed by atoms with van der Waals surface area (Å²) in [6.07, 6.45) is 1.83. The molecule has 8 nitrogen and oxygen atoms in total. The summed E-state index contributed by atoms with van der Waals surface area (Å²) in [4.78, 5) is 4.51. The first-order chi connectivity index (χ1) is 11.8. The number of nitrogens with zero attached hydrogens (tertiary/aromatic N) is 6. The Morgan fingerprint density at radius 2 is 2.08 bits per heavy atom. The van der Waals surface area contributed by atoms with E-state index >= 15 is 0 Å². The van der Waals surface area contributed by atoms with Gasteiger partial charge >= 0.3 is 0 Å². The van der Waals surface area contributed by atoms with Crippen LogP contribution in [0.15, 0.2) is 47.1 Å². The number of aromatic amines is 1. The van der Waals surface area contributed by atoms with Gasteiger partial charge < -0.3 is 4.52 Å². The van der Waals surface area contributed by atoms with Crippen molar-refractivity contribution in [2.24, 2.45) is 7.05 Å². The molecule has 0 aliphatic carbocycles. The maximum atomic E-state index is 5.44. The Hall–Kier alpha value is -3.55. The molecule has 0 aliphatic heterocycles. The highest BCUT2D eigenvalue weighted by atomic mass is 16.5. The zero-order valence-corrected chi connectivity index (χ0v) is 12.6. The number of aromatic nitrogens is 7. The predicted octanol–water partition coefficient (Wildman–Crippen LogP) is 2.56. The molecular formula is C16H11N7O. The Bertz CT molecular complexity index is 1180. The first kappa shape index (κ1) is 12.9. The third-order valence-electron chi connectivity index (χ3n) is 4.01. The number of nitrogens with one attached hydrogen (secondary N) is 1. The van der Waals surface area contributed by atoms with E-state index in [1.807, 2.05) is 54.3 Å². The second kappa shape index (κ2) is 4.72. The first-order valence-corrected chi connectivity index (χ1v) is 7.35. The Labute approximate surface area is 135 Å². The van der Waals surface area contributed by atoms with Gasteiger partial charge in [0.15, 0.2) is 0 Å². The lowest BCUT2D eigenvalue weighted by atomic mass is 10.1. The van der Waals surface area contributed by atoms with E-state index in [1.165, 1.54) is 0 Å². The molecule has 8 heteroatoms. The second-order valence-electron chi connectivity index (χ2n) is 5.46. The number of fused-ring (bicyclic) bond motifs is 2. The molecule has 3 heterocycles. The molecule has 0 saturated heterocycles. The van der Waals surface area contributed by atoms with Gasteiger partial charge in [-0.3, -0.25) is 4.68 Å². The molecule has 116 valence electrons. The first-order valence-electron chi connectivity index (χ1n) is 7.35. The van der Waals surface area contributed by atoms with Crippen molar-refractivity contribution >= 4 is 21.9 Å². The highest BCUT2D eigenvalue weighted by Gasteiger charge is 2.15. The summed E-state index contributed by atoms with van der Waals surface area (Å²) in [5.74, 6) is 0.934. The van der Waals surface area contributed by atoms with E-state index < -0.39 is 0 Å². The summed E-state index contributed by atoms with van der Waals surface area (Å²) < 4.78 is 7.26. The number of hydrogen-bond donors (Lipinski definition) is 1. The Morgan fingerprint density at radius 3 is 3.04 bits per heavy atom. The van der Waals surface area contributed by atoms with E-state index in [-0.39, 0.29) is 0 Å². The molecule has 5 aromatic rings. The fourth-order valence-corrected chi connectivity index (χ4v) is 2.77. The van der Waals surface area contributed by atoms with Crippen LogP contribution in [0.1, 0.15) is 0 Å². The lowest BCUT2D eigenvalue weighted by molar-refractivity contribution is 0.432. The van der Waals surface area contributed by atoms with Crippen LogP contribution < -0.4 is 0 Å². The third-order valence-corrected chi connectivity index (χ3v) is 4.01. The minimum absolute atomic E-state index is 0.412. The minimum atomic E-state index is 0.412. The van der Waals surface area contributed by atoms with Gasteiger partial charge in [-0.15, -0.1) is 0 Å². The van der Waals surface area contributed by atoms with Crippen LogP contribution in [-0.2, 0) is 7.05 Å². The van der Waals surface area contributed by atoms with E-state index in [0.29, 0.717) is 17.2 Å². The second-order valence-corrected chi connectivity index (χ2v) is 5.46. The van der Waals surface area contributed by atoms with E-state index in [9.17, 15) is 0 Å². The van der Waals surface area contributed by atoms with Crippen LogP contribution in [0.2, 0.25) is 0 Å². The fourth-order valence-electron chi connectivity index (χ4n) is 2.77. The molecule has 3 aromatic heterocycles.